The lowest BCUT2D eigenvalue weighted by atomic mass is 10.1. The number of carbonyl (C=O) groups is 3. The van der Waals surface area contributed by atoms with Gasteiger partial charge in [0.25, 0.3) is 11.5 Å². The van der Waals surface area contributed by atoms with Crippen LogP contribution in [0.1, 0.15) is 32.0 Å². The van der Waals surface area contributed by atoms with E-state index in [1.807, 2.05) is 26.0 Å². The molecule has 0 bridgehead atoms. The number of aromatic nitrogens is 2. The Morgan fingerprint density at radius 1 is 0.906 bits per heavy atom. The zero-order chi connectivity index (χ0) is 23.3. The van der Waals surface area contributed by atoms with E-state index < -0.39 is 23.3 Å². The maximum Gasteiger partial charge on any atom is 0.337 e. The molecule has 0 unspecified atom stereocenters. The van der Waals surface area contributed by atoms with E-state index in [2.05, 4.69) is 20.5 Å². The number of anilines is 2. The fourth-order valence-corrected chi connectivity index (χ4v) is 2.84. The number of nitrogens with one attached hydrogen (secondary N) is 2. The van der Waals surface area contributed by atoms with Gasteiger partial charge in [-0.25, -0.2) is 9.48 Å². The topological polar surface area (TPSA) is 119 Å². The highest BCUT2D eigenvalue weighted by Gasteiger charge is 2.13. The summed E-state index contributed by atoms with van der Waals surface area (Å²) in [5, 5.41) is 9.35. The van der Waals surface area contributed by atoms with E-state index in [1.54, 1.807) is 6.07 Å². The van der Waals surface area contributed by atoms with Crippen LogP contribution in [0.15, 0.2) is 59.4 Å². The first-order valence-corrected chi connectivity index (χ1v) is 9.72. The zero-order valence-corrected chi connectivity index (χ0v) is 17.8. The number of rotatable bonds is 6. The van der Waals surface area contributed by atoms with Crippen LogP contribution in [-0.2, 0) is 16.1 Å². The number of nitrogens with zero attached hydrogens (tertiary/aromatic N) is 2. The molecule has 0 spiro atoms. The molecule has 0 atom stereocenters. The van der Waals surface area contributed by atoms with Crippen molar-refractivity contribution in [2.24, 2.45) is 0 Å². The highest BCUT2D eigenvalue weighted by atomic mass is 16.5. The van der Waals surface area contributed by atoms with Gasteiger partial charge in [0.15, 0.2) is 0 Å². The summed E-state index contributed by atoms with van der Waals surface area (Å²) in [6.07, 6.45) is 0. The Balaban J connectivity index is 1.69. The van der Waals surface area contributed by atoms with Gasteiger partial charge in [-0.2, -0.15) is 5.10 Å². The Morgan fingerprint density at radius 2 is 1.59 bits per heavy atom. The van der Waals surface area contributed by atoms with Crippen molar-refractivity contribution in [3.05, 3.63) is 87.3 Å². The summed E-state index contributed by atoms with van der Waals surface area (Å²) in [4.78, 5) is 48.5. The molecule has 3 aromatic rings. The molecule has 0 aliphatic heterocycles. The second-order valence-corrected chi connectivity index (χ2v) is 7.08. The molecular formula is C23H22N4O5. The predicted octanol–water partition coefficient (Wildman–Crippen LogP) is 2.54. The number of carbonyl (C=O) groups excluding carboxylic acids is 3. The van der Waals surface area contributed by atoms with Gasteiger partial charge in [-0.05, 0) is 67.4 Å². The van der Waals surface area contributed by atoms with Crippen LogP contribution in [0, 0.1) is 13.8 Å². The van der Waals surface area contributed by atoms with Crippen molar-refractivity contribution in [3.63, 3.8) is 0 Å². The number of benzene rings is 2. The molecule has 0 fully saturated rings. The quantitative estimate of drug-likeness (QED) is 0.576. The smallest absolute Gasteiger partial charge is 0.337 e. The minimum absolute atomic E-state index is 0.00180. The van der Waals surface area contributed by atoms with Crippen molar-refractivity contribution in [1.29, 1.82) is 0 Å². The summed E-state index contributed by atoms with van der Waals surface area (Å²) in [5.74, 6) is -1.51. The molecular weight excluding hydrogens is 412 g/mol. The third kappa shape index (κ3) is 5.45. The summed E-state index contributed by atoms with van der Waals surface area (Å²) in [7, 11) is 1.28. The number of amides is 2. The fraction of sp³-hybridized carbons (Fsp3) is 0.174. The molecule has 9 heteroatoms. The molecule has 2 aromatic carbocycles. The second kappa shape index (κ2) is 9.69. The first kappa shape index (κ1) is 22.4. The lowest BCUT2D eigenvalue weighted by Crippen LogP contribution is -2.31. The summed E-state index contributed by atoms with van der Waals surface area (Å²) in [6, 6.07) is 14.1. The Hall–Kier alpha value is -4.27. The molecule has 164 valence electrons. The van der Waals surface area contributed by atoms with Crippen LogP contribution in [0.2, 0.25) is 0 Å². The van der Waals surface area contributed by atoms with Crippen LogP contribution in [0.5, 0.6) is 0 Å². The van der Waals surface area contributed by atoms with Crippen LogP contribution in [0.3, 0.4) is 0 Å². The normalized spacial score (nSPS) is 10.3. The van der Waals surface area contributed by atoms with Gasteiger partial charge in [0.2, 0.25) is 5.91 Å². The predicted molar refractivity (Wildman–Crippen MR) is 119 cm³/mol. The summed E-state index contributed by atoms with van der Waals surface area (Å²) < 4.78 is 5.53. The largest absolute Gasteiger partial charge is 0.465 e. The van der Waals surface area contributed by atoms with Crippen molar-refractivity contribution in [3.8, 4) is 0 Å². The fourth-order valence-electron chi connectivity index (χ4n) is 2.84. The first-order valence-electron chi connectivity index (χ1n) is 9.72. The monoisotopic (exact) mass is 434 g/mol. The number of hydrogen-bond donors (Lipinski definition) is 2. The maximum atomic E-state index is 12.5. The number of methoxy groups -OCH3 is 1. The highest BCUT2D eigenvalue weighted by Crippen LogP contribution is 2.15. The molecule has 0 aliphatic rings. The standard InChI is InChI=1S/C23H22N4O5/c1-14-4-7-18(12-15(14)2)25-22(30)19-10-11-21(29)27(26-19)13-20(28)24-17-8-5-16(6-9-17)23(31)32-3/h4-12H,13H2,1-3H3,(H,24,28)(H,25,30). The van der Waals surface area contributed by atoms with Gasteiger partial charge in [-0.15, -0.1) is 0 Å². The Morgan fingerprint density at radius 3 is 2.25 bits per heavy atom. The molecule has 1 aromatic heterocycles. The molecule has 2 amide bonds. The molecule has 0 radical (unpaired) electrons. The SMILES string of the molecule is COC(=O)c1ccc(NC(=O)Cn2nc(C(=O)Nc3ccc(C)c(C)c3)ccc2=O)cc1. The number of aryl methyl sites for hydroxylation is 2. The lowest BCUT2D eigenvalue weighted by Gasteiger charge is -2.10. The van der Waals surface area contributed by atoms with E-state index in [4.69, 9.17) is 0 Å². The summed E-state index contributed by atoms with van der Waals surface area (Å²) >= 11 is 0. The Kier molecular flexibility index (Phi) is 6.79. The summed E-state index contributed by atoms with van der Waals surface area (Å²) in [5.41, 5.74) is 2.97. The van der Waals surface area contributed by atoms with Crippen molar-refractivity contribution >= 4 is 29.2 Å². The van der Waals surface area contributed by atoms with E-state index in [9.17, 15) is 19.2 Å². The van der Waals surface area contributed by atoms with Crippen molar-refractivity contribution in [1.82, 2.24) is 9.78 Å². The Bertz CT molecular complexity index is 1230. The van der Waals surface area contributed by atoms with Crippen LogP contribution in [0.25, 0.3) is 0 Å². The Labute approximate surface area is 184 Å². The van der Waals surface area contributed by atoms with Gasteiger partial charge in [0.05, 0.1) is 12.7 Å². The average Bonchev–Trinajstić information content (AvgIpc) is 2.77. The molecule has 1 heterocycles. The van der Waals surface area contributed by atoms with E-state index in [0.717, 1.165) is 15.8 Å². The van der Waals surface area contributed by atoms with E-state index in [-0.39, 0.29) is 12.2 Å². The first-order chi connectivity index (χ1) is 15.3. The van der Waals surface area contributed by atoms with Gasteiger partial charge in [0, 0.05) is 17.4 Å². The third-order valence-electron chi connectivity index (χ3n) is 4.75. The molecule has 32 heavy (non-hydrogen) atoms. The van der Waals surface area contributed by atoms with Gasteiger partial charge >= 0.3 is 5.97 Å². The molecule has 2 N–H and O–H groups in total. The lowest BCUT2D eigenvalue weighted by molar-refractivity contribution is -0.117. The van der Waals surface area contributed by atoms with Gasteiger partial charge in [0.1, 0.15) is 12.2 Å². The van der Waals surface area contributed by atoms with E-state index >= 15 is 0 Å². The van der Waals surface area contributed by atoms with Gasteiger partial charge in [-0.1, -0.05) is 6.07 Å². The van der Waals surface area contributed by atoms with Crippen molar-refractivity contribution in [2.45, 2.75) is 20.4 Å². The van der Waals surface area contributed by atoms with Crippen LogP contribution in [0.4, 0.5) is 11.4 Å². The van der Waals surface area contributed by atoms with Crippen LogP contribution < -0.4 is 16.2 Å². The van der Waals surface area contributed by atoms with E-state index in [0.29, 0.717) is 16.9 Å². The number of ether oxygens (including phenoxy) is 1. The number of hydrogen-bond acceptors (Lipinski definition) is 6. The zero-order valence-electron chi connectivity index (χ0n) is 17.8. The molecule has 0 saturated heterocycles. The summed E-state index contributed by atoms with van der Waals surface area (Å²) in [6.45, 7) is 3.52. The minimum Gasteiger partial charge on any atom is -0.465 e. The molecule has 0 aliphatic carbocycles. The molecule has 0 saturated carbocycles. The minimum atomic E-state index is -0.524. The highest BCUT2D eigenvalue weighted by molar-refractivity contribution is 6.02. The van der Waals surface area contributed by atoms with Crippen molar-refractivity contribution in [2.75, 3.05) is 17.7 Å². The average molecular weight is 434 g/mol. The van der Waals surface area contributed by atoms with Crippen LogP contribution in [-0.4, -0.2) is 34.7 Å². The van der Waals surface area contributed by atoms with Crippen LogP contribution >= 0.6 is 0 Å². The van der Waals surface area contributed by atoms with Gasteiger partial charge < -0.3 is 15.4 Å². The van der Waals surface area contributed by atoms with E-state index in [1.165, 1.54) is 43.5 Å². The second-order valence-electron chi connectivity index (χ2n) is 7.08. The molecule has 9 nitrogen and oxygen atoms in total. The maximum absolute atomic E-state index is 12.5. The van der Waals surface area contributed by atoms with Crippen molar-refractivity contribution < 1.29 is 19.1 Å². The third-order valence-corrected chi connectivity index (χ3v) is 4.75. The van der Waals surface area contributed by atoms with Gasteiger partial charge in [-0.3, -0.25) is 14.4 Å². The molecule has 3 rings (SSSR count). The number of esters is 1.